The van der Waals surface area contributed by atoms with Crippen LogP contribution in [0.4, 0.5) is 11.6 Å². The van der Waals surface area contributed by atoms with Crippen molar-refractivity contribution in [3.8, 4) is 11.3 Å². The number of carbonyl (C=O) groups excluding carboxylic acids is 1. The molecule has 42 heavy (non-hydrogen) atoms. The van der Waals surface area contributed by atoms with Gasteiger partial charge >= 0.3 is 0 Å². The summed E-state index contributed by atoms with van der Waals surface area (Å²) in [6.45, 7) is 9.67. The standard InChI is InChI=1S/C29H36N8O3S2/c1-19-14-20(6-7-21(19)15-31-26(38)25-17-32-27(41-25)29(2,3)4)24-8-11-30-28(35-24)34-22-16-33-37(18-22)23-9-12-36(13-10-23)42(5,39)40/h6-8,11,14,16-18,23H,9-10,12-13,15H2,1-5H3,(H,31,38)(H,30,34,35). The van der Waals surface area contributed by atoms with E-state index in [2.05, 4.69) is 52.5 Å². The Morgan fingerprint density at radius 2 is 1.88 bits per heavy atom. The average Bonchev–Trinajstić information content (AvgIpc) is 3.63. The van der Waals surface area contributed by atoms with Gasteiger partial charge in [0, 0.05) is 43.0 Å². The van der Waals surface area contributed by atoms with Gasteiger partial charge in [-0.3, -0.25) is 9.48 Å². The summed E-state index contributed by atoms with van der Waals surface area (Å²) in [5.74, 6) is 0.327. The number of hydrogen-bond acceptors (Lipinski definition) is 9. The lowest BCUT2D eigenvalue weighted by atomic mass is 9.98. The molecule has 13 heteroatoms. The molecule has 0 unspecified atom stereocenters. The molecule has 1 aromatic carbocycles. The quantitative estimate of drug-likeness (QED) is 0.295. The van der Waals surface area contributed by atoms with E-state index in [0.717, 1.165) is 33.1 Å². The van der Waals surface area contributed by atoms with Gasteiger partial charge in [0.25, 0.3) is 5.91 Å². The van der Waals surface area contributed by atoms with E-state index < -0.39 is 10.0 Å². The monoisotopic (exact) mass is 608 g/mol. The van der Waals surface area contributed by atoms with Crippen LogP contribution < -0.4 is 10.6 Å². The van der Waals surface area contributed by atoms with Crippen molar-refractivity contribution in [2.24, 2.45) is 0 Å². The number of nitrogens with zero attached hydrogens (tertiary/aromatic N) is 6. The highest BCUT2D eigenvalue weighted by atomic mass is 32.2. The summed E-state index contributed by atoms with van der Waals surface area (Å²) in [5.41, 5.74) is 4.45. The first-order valence-corrected chi connectivity index (χ1v) is 16.5. The lowest BCUT2D eigenvalue weighted by Gasteiger charge is -2.30. The second kappa shape index (κ2) is 11.9. The molecule has 0 atom stereocenters. The first-order valence-electron chi connectivity index (χ1n) is 13.8. The van der Waals surface area contributed by atoms with Crippen molar-refractivity contribution in [2.75, 3.05) is 24.7 Å². The molecular formula is C29H36N8O3S2. The summed E-state index contributed by atoms with van der Waals surface area (Å²) in [4.78, 5) is 26.8. The zero-order chi connectivity index (χ0) is 30.1. The van der Waals surface area contributed by atoms with Gasteiger partial charge in [-0.25, -0.2) is 27.7 Å². The highest BCUT2D eigenvalue weighted by Gasteiger charge is 2.26. The number of piperidine rings is 1. The second-order valence-electron chi connectivity index (χ2n) is 11.6. The zero-order valence-corrected chi connectivity index (χ0v) is 26.1. The molecule has 1 aliphatic heterocycles. The van der Waals surface area contributed by atoms with Gasteiger partial charge in [-0.05, 0) is 43.0 Å². The van der Waals surface area contributed by atoms with Crippen molar-refractivity contribution in [3.63, 3.8) is 0 Å². The molecule has 4 aromatic rings. The predicted octanol–water partition coefficient (Wildman–Crippen LogP) is 4.67. The number of aryl methyl sites for hydroxylation is 1. The lowest BCUT2D eigenvalue weighted by molar-refractivity contribution is 0.0954. The molecular weight excluding hydrogens is 573 g/mol. The van der Waals surface area contributed by atoms with Crippen molar-refractivity contribution in [2.45, 2.75) is 58.5 Å². The maximum absolute atomic E-state index is 12.7. The van der Waals surface area contributed by atoms with Crippen LogP contribution in [0.2, 0.25) is 0 Å². The number of amides is 1. The predicted molar refractivity (Wildman–Crippen MR) is 164 cm³/mol. The van der Waals surface area contributed by atoms with Crippen LogP contribution >= 0.6 is 11.3 Å². The summed E-state index contributed by atoms with van der Waals surface area (Å²) < 4.78 is 27.0. The highest BCUT2D eigenvalue weighted by Crippen LogP contribution is 2.28. The number of sulfonamides is 1. The van der Waals surface area contributed by atoms with E-state index in [-0.39, 0.29) is 17.4 Å². The molecule has 0 spiro atoms. The third-order valence-corrected chi connectivity index (χ3v) is 9.95. The molecule has 0 saturated carbocycles. The second-order valence-corrected chi connectivity index (χ2v) is 14.6. The first-order chi connectivity index (χ1) is 19.9. The fraction of sp³-hybridized carbons (Fsp3) is 0.414. The fourth-order valence-corrected chi connectivity index (χ4v) is 6.56. The Bertz CT molecular complexity index is 1680. The molecule has 1 fully saturated rings. The number of anilines is 2. The maximum atomic E-state index is 12.7. The van der Waals surface area contributed by atoms with Crippen molar-refractivity contribution in [1.29, 1.82) is 0 Å². The average molecular weight is 609 g/mol. The Hall–Kier alpha value is -3.68. The van der Waals surface area contributed by atoms with Crippen LogP contribution in [0.25, 0.3) is 11.3 Å². The van der Waals surface area contributed by atoms with Crippen molar-refractivity contribution in [3.05, 3.63) is 70.1 Å². The third-order valence-electron chi connectivity index (χ3n) is 7.23. The molecule has 2 N–H and O–H groups in total. The molecule has 0 bridgehead atoms. The van der Waals surface area contributed by atoms with Crippen LogP contribution in [0.3, 0.4) is 0 Å². The Morgan fingerprint density at radius 3 is 2.55 bits per heavy atom. The topological polar surface area (TPSA) is 135 Å². The molecule has 4 heterocycles. The minimum absolute atomic E-state index is 0.0882. The van der Waals surface area contributed by atoms with Gasteiger partial charge < -0.3 is 10.6 Å². The lowest BCUT2D eigenvalue weighted by Crippen LogP contribution is -2.38. The van der Waals surface area contributed by atoms with Gasteiger partial charge in [0.15, 0.2) is 0 Å². The third kappa shape index (κ3) is 7.02. The Balaban J connectivity index is 1.20. The molecule has 1 saturated heterocycles. The van der Waals surface area contributed by atoms with E-state index in [1.54, 1.807) is 18.6 Å². The summed E-state index contributed by atoms with van der Waals surface area (Å²) in [5, 5.41) is 11.7. The molecule has 0 radical (unpaired) electrons. The molecule has 1 amide bonds. The first kappa shape index (κ1) is 29.8. The number of rotatable bonds is 8. The molecule has 0 aliphatic carbocycles. The van der Waals surface area contributed by atoms with Gasteiger partial charge in [0.05, 0.1) is 41.1 Å². The Kier molecular flexibility index (Phi) is 8.44. The number of benzene rings is 1. The summed E-state index contributed by atoms with van der Waals surface area (Å²) in [7, 11) is -3.16. The van der Waals surface area contributed by atoms with Crippen LogP contribution in [0, 0.1) is 6.92 Å². The molecule has 3 aromatic heterocycles. The van der Waals surface area contributed by atoms with Crippen LogP contribution in [0.15, 0.2) is 49.1 Å². The molecule has 5 rings (SSSR count). The Labute approximate surface area is 250 Å². The Morgan fingerprint density at radius 1 is 1.12 bits per heavy atom. The SMILES string of the molecule is Cc1cc(-c2ccnc(Nc3cnn(C4CCN(S(C)(=O)=O)CC4)c3)n2)ccc1CNC(=O)c1cnc(C(C)(C)C)s1. The van der Waals surface area contributed by atoms with Gasteiger partial charge in [-0.1, -0.05) is 32.9 Å². The number of aromatic nitrogens is 5. The summed E-state index contributed by atoms with van der Waals surface area (Å²) in [6.07, 6.45) is 9.65. The van der Waals surface area contributed by atoms with Gasteiger partial charge in [-0.2, -0.15) is 5.10 Å². The zero-order valence-electron chi connectivity index (χ0n) is 24.5. The number of carbonyl (C=O) groups is 1. The molecule has 1 aliphatic rings. The minimum atomic E-state index is -3.16. The van der Waals surface area contributed by atoms with Crippen LogP contribution in [-0.2, 0) is 22.0 Å². The van der Waals surface area contributed by atoms with Crippen LogP contribution in [-0.4, -0.2) is 62.7 Å². The number of thiazole rings is 1. The number of hydrogen-bond donors (Lipinski definition) is 2. The van der Waals surface area contributed by atoms with Gasteiger partial charge in [-0.15, -0.1) is 11.3 Å². The van der Waals surface area contributed by atoms with E-state index in [4.69, 9.17) is 4.98 Å². The van der Waals surface area contributed by atoms with Gasteiger partial charge in [0.1, 0.15) is 4.88 Å². The van der Waals surface area contributed by atoms with Crippen LogP contribution in [0.1, 0.15) is 65.5 Å². The number of nitrogens with one attached hydrogen (secondary N) is 2. The van der Waals surface area contributed by atoms with Crippen molar-refractivity contribution in [1.82, 2.24) is 34.4 Å². The minimum Gasteiger partial charge on any atom is -0.347 e. The van der Waals surface area contributed by atoms with E-state index in [1.165, 1.54) is 21.9 Å². The van der Waals surface area contributed by atoms with E-state index in [1.807, 2.05) is 36.0 Å². The smallest absolute Gasteiger partial charge is 0.263 e. The van der Waals surface area contributed by atoms with Gasteiger partial charge in [0.2, 0.25) is 16.0 Å². The highest BCUT2D eigenvalue weighted by molar-refractivity contribution is 7.88. The largest absolute Gasteiger partial charge is 0.347 e. The maximum Gasteiger partial charge on any atom is 0.263 e. The van der Waals surface area contributed by atoms with E-state index >= 15 is 0 Å². The van der Waals surface area contributed by atoms with Crippen molar-refractivity contribution < 1.29 is 13.2 Å². The summed E-state index contributed by atoms with van der Waals surface area (Å²) >= 11 is 1.43. The fourth-order valence-electron chi connectivity index (χ4n) is 4.79. The van der Waals surface area contributed by atoms with Crippen LogP contribution in [0.5, 0.6) is 0 Å². The van der Waals surface area contributed by atoms with E-state index in [0.29, 0.717) is 43.3 Å². The molecule has 222 valence electrons. The van der Waals surface area contributed by atoms with E-state index in [9.17, 15) is 13.2 Å². The summed E-state index contributed by atoms with van der Waals surface area (Å²) in [6, 6.07) is 8.05. The van der Waals surface area contributed by atoms with Crippen molar-refractivity contribution >= 4 is 38.9 Å². The molecule has 11 nitrogen and oxygen atoms in total. The normalized spacial score (nSPS) is 15.1.